The van der Waals surface area contributed by atoms with Gasteiger partial charge in [-0.3, -0.25) is 0 Å². The van der Waals surface area contributed by atoms with Crippen molar-refractivity contribution in [2.45, 2.75) is 44.9 Å². The molecule has 0 aliphatic carbocycles. The number of aromatic carboxylic acids is 1. The van der Waals surface area contributed by atoms with Crippen molar-refractivity contribution in [3.8, 4) is 16.9 Å². The smallest absolute Gasteiger partial charge is 0.339 e. The predicted molar refractivity (Wildman–Crippen MR) is 155 cm³/mol. The zero-order chi connectivity index (χ0) is 28.0. The highest BCUT2D eigenvalue weighted by atomic mass is 16.5. The number of hydrogen-bond acceptors (Lipinski definition) is 5. The van der Waals surface area contributed by atoms with E-state index in [-0.39, 0.29) is 23.8 Å². The van der Waals surface area contributed by atoms with Crippen molar-refractivity contribution in [1.82, 2.24) is 5.32 Å². The number of carbonyl (C=O) groups is 1. The maximum absolute atomic E-state index is 11.5. The number of methoxy groups -OCH3 is 1. The van der Waals surface area contributed by atoms with Crippen molar-refractivity contribution in [2.24, 2.45) is 0 Å². The normalized spacial score (nSPS) is 13.3. The Morgan fingerprint density at radius 3 is 2.41 bits per heavy atom. The molecule has 0 aliphatic heterocycles. The summed E-state index contributed by atoms with van der Waals surface area (Å²) in [6.45, 7) is 6.81. The monoisotopic (exact) mass is 527 g/mol. The van der Waals surface area contributed by atoms with Gasteiger partial charge in [0.1, 0.15) is 11.3 Å². The van der Waals surface area contributed by atoms with Gasteiger partial charge in [0, 0.05) is 12.1 Å². The summed E-state index contributed by atoms with van der Waals surface area (Å²) < 4.78 is 11.4. The van der Waals surface area contributed by atoms with Crippen molar-refractivity contribution < 1.29 is 24.5 Å². The van der Waals surface area contributed by atoms with Crippen LogP contribution in [0.3, 0.4) is 0 Å². The fourth-order valence-corrected chi connectivity index (χ4v) is 4.87. The van der Waals surface area contributed by atoms with Gasteiger partial charge in [-0.2, -0.15) is 0 Å². The van der Waals surface area contributed by atoms with E-state index in [4.69, 9.17) is 9.47 Å². The van der Waals surface area contributed by atoms with Gasteiger partial charge >= 0.3 is 5.97 Å². The van der Waals surface area contributed by atoms with Gasteiger partial charge in [-0.1, -0.05) is 72.8 Å². The van der Waals surface area contributed by atoms with Gasteiger partial charge in [-0.25, -0.2) is 4.79 Å². The molecule has 0 bridgehead atoms. The molecular formula is C33H37NO5. The molecule has 0 radical (unpaired) electrons. The van der Waals surface area contributed by atoms with E-state index in [1.807, 2.05) is 37.3 Å². The van der Waals surface area contributed by atoms with E-state index in [0.29, 0.717) is 12.3 Å². The van der Waals surface area contributed by atoms with Crippen LogP contribution in [0.5, 0.6) is 5.75 Å². The van der Waals surface area contributed by atoms with Crippen LogP contribution in [0.25, 0.3) is 21.9 Å². The van der Waals surface area contributed by atoms with Crippen molar-refractivity contribution in [2.75, 3.05) is 20.3 Å². The van der Waals surface area contributed by atoms with Crippen molar-refractivity contribution in [3.63, 3.8) is 0 Å². The molecule has 0 spiro atoms. The molecule has 0 amide bonds. The lowest BCUT2D eigenvalue weighted by atomic mass is 9.93. The largest absolute Gasteiger partial charge is 0.496 e. The quantitative estimate of drug-likeness (QED) is 0.201. The molecule has 204 valence electrons. The number of carboxylic acids is 1. The third kappa shape index (κ3) is 7.24. The Balaban J connectivity index is 1.35. The molecule has 0 saturated carbocycles. The van der Waals surface area contributed by atoms with E-state index < -0.39 is 12.1 Å². The van der Waals surface area contributed by atoms with Crippen LogP contribution in [-0.2, 0) is 11.2 Å². The molecule has 0 heterocycles. The van der Waals surface area contributed by atoms with Gasteiger partial charge in [0.15, 0.2) is 0 Å². The molecule has 3 N–H and O–H groups in total. The van der Waals surface area contributed by atoms with Crippen LogP contribution in [-0.4, -0.2) is 48.1 Å². The third-order valence-corrected chi connectivity index (χ3v) is 6.96. The molecule has 0 aliphatic rings. The van der Waals surface area contributed by atoms with Crippen molar-refractivity contribution >= 4 is 16.7 Å². The summed E-state index contributed by atoms with van der Waals surface area (Å²) in [5.74, 6) is -0.734. The Bertz CT molecular complexity index is 1430. The van der Waals surface area contributed by atoms with Gasteiger partial charge in [-0.05, 0) is 72.4 Å². The fourth-order valence-electron chi connectivity index (χ4n) is 4.87. The summed E-state index contributed by atoms with van der Waals surface area (Å²) in [6.07, 6.45) is -0.128. The number of benzene rings is 4. The molecule has 4 aromatic carbocycles. The minimum Gasteiger partial charge on any atom is -0.496 e. The molecule has 2 atom stereocenters. The molecular weight excluding hydrogens is 490 g/mol. The lowest BCUT2D eigenvalue weighted by molar-refractivity contribution is -0.00397. The molecule has 4 aromatic rings. The number of carboxylic acid groups (broad SMARTS) is 1. The molecule has 6 heteroatoms. The first-order chi connectivity index (χ1) is 18.7. The Labute approximate surface area is 230 Å². The summed E-state index contributed by atoms with van der Waals surface area (Å²) in [5.41, 5.74) is 3.85. The van der Waals surface area contributed by atoms with E-state index in [2.05, 4.69) is 55.6 Å². The number of ether oxygens (including phenoxy) is 2. The minimum absolute atomic E-state index is 0.113. The van der Waals surface area contributed by atoms with Crippen LogP contribution < -0.4 is 10.1 Å². The zero-order valence-corrected chi connectivity index (χ0v) is 23.0. The maximum atomic E-state index is 11.5. The molecule has 0 fully saturated rings. The highest BCUT2D eigenvalue weighted by Crippen LogP contribution is 2.33. The highest BCUT2D eigenvalue weighted by molar-refractivity contribution is 5.92. The Morgan fingerprint density at radius 2 is 1.67 bits per heavy atom. The van der Waals surface area contributed by atoms with Gasteiger partial charge in [0.25, 0.3) is 0 Å². The number of hydrogen-bond donors (Lipinski definition) is 3. The molecule has 39 heavy (non-hydrogen) atoms. The third-order valence-electron chi connectivity index (χ3n) is 6.96. The van der Waals surface area contributed by atoms with E-state index in [0.717, 1.165) is 23.1 Å². The number of rotatable bonds is 12. The van der Waals surface area contributed by atoms with Gasteiger partial charge in [0.05, 0.1) is 25.9 Å². The van der Waals surface area contributed by atoms with Crippen molar-refractivity contribution in [1.29, 1.82) is 0 Å². The van der Waals surface area contributed by atoms with Gasteiger partial charge in [-0.15, -0.1) is 0 Å². The standard InChI is InChI=1S/C33H37NO5/c1-22(28-11-7-8-12-29(28)26-15-16-30(32(36)37)31(18-26)38-4)39-21-27(35)20-34-33(2,3)19-23-13-14-24-9-5-6-10-25(24)17-23/h5-18,22,27,34-35H,19-21H2,1-4H3,(H,36,37)/t22?,27-/m1/s1. The van der Waals surface area contributed by atoms with Gasteiger partial charge < -0.3 is 25.0 Å². The molecule has 4 rings (SSSR count). The second-order valence-electron chi connectivity index (χ2n) is 10.6. The second-order valence-corrected chi connectivity index (χ2v) is 10.6. The van der Waals surface area contributed by atoms with Crippen LogP contribution in [0.2, 0.25) is 0 Å². The molecule has 1 unspecified atom stereocenters. The van der Waals surface area contributed by atoms with Gasteiger partial charge in [0.2, 0.25) is 0 Å². The van der Waals surface area contributed by atoms with Crippen LogP contribution in [0.1, 0.15) is 48.4 Å². The summed E-state index contributed by atoms with van der Waals surface area (Å²) in [4.78, 5) is 11.5. The zero-order valence-electron chi connectivity index (χ0n) is 23.0. The second kappa shape index (κ2) is 12.4. The first-order valence-corrected chi connectivity index (χ1v) is 13.2. The first kappa shape index (κ1) is 28.3. The lowest BCUT2D eigenvalue weighted by Gasteiger charge is -2.28. The van der Waals surface area contributed by atoms with Crippen LogP contribution in [0.15, 0.2) is 84.9 Å². The number of nitrogens with one attached hydrogen (secondary N) is 1. The summed E-state index contributed by atoms with van der Waals surface area (Å²) >= 11 is 0. The average Bonchev–Trinajstić information content (AvgIpc) is 2.94. The minimum atomic E-state index is -1.04. The Morgan fingerprint density at radius 1 is 0.949 bits per heavy atom. The van der Waals surface area contributed by atoms with Crippen molar-refractivity contribution in [3.05, 3.63) is 102 Å². The SMILES string of the molecule is COc1cc(-c2ccccc2C(C)OC[C@H](O)CNC(C)(C)Cc2ccc3ccccc3c2)ccc1C(=O)O. The van der Waals surface area contributed by atoms with E-state index in [1.54, 1.807) is 18.2 Å². The van der Waals surface area contributed by atoms with E-state index in [1.165, 1.54) is 23.4 Å². The summed E-state index contributed by atoms with van der Waals surface area (Å²) in [5, 5.41) is 26.0. The number of fused-ring (bicyclic) bond motifs is 1. The average molecular weight is 528 g/mol. The topological polar surface area (TPSA) is 88.0 Å². The number of aliphatic hydroxyl groups excluding tert-OH is 1. The summed E-state index contributed by atoms with van der Waals surface area (Å²) in [7, 11) is 1.46. The number of aliphatic hydroxyl groups is 1. The Kier molecular flexibility index (Phi) is 9.02. The van der Waals surface area contributed by atoms with Crippen LogP contribution in [0, 0.1) is 0 Å². The fraction of sp³-hybridized carbons (Fsp3) is 0.303. The first-order valence-electron chi connectivity index (χ1n) is 13.2. The highest BCUT2D eigenvalue weighted by Gasteiger charge is 2.21. The predicted octanol–water partition coefficient (Wildman–Crippen LogP) is 6.26. The van der Waals surface area contributed by atoms with Crippen LogP contribution >= 0.6 is 0 Å². The summed E-state index contributed by atoms with van der Waals surface area (Å²) in [6, 6.07) is 27.7. The lowest BCUT2D eigenvalue weighted by Crippen LogP contribution is -2.46. The Hall–Kier alpha value is -3.71. The van der Waals surface area contributed by atoms with E-state index >= 15 is 0 Å². The van der Waals surface area contributed by atoms with Crippen LogP contribution in [0.4, 0.5) is 0 Å². The molecule has 0 saturated heterocycles. The molecule has 6 nitrogen and oxygen atoms in total. The maximum Gasteiger partial charge on any atom is 0.339 e. The van der Waals surface area contributed by atoms with E-state index in [9.17, 15) is 15.0 Å². The number of β-amino-alcohol motifs (C(OH)–C–C–N with tert-alkyl or cyclic N) is 1. The molecule has 0 aromatic heterocycles.